The molecule has 2 aromatic carbocycles. The molecule has 1 aliphatic heterocycles. The first-order valence-corrected chi connectivity index (χ1v) is 9.72. The van der Waals surface area contributed by atoms with Crippen LogP contribution < -0.4 is 20.0 Å². The Morgan fingerprint density at radius 3 is 2.73 bits per heavy atom. The Bertz CT molecular complexity index is 893. The SMILES string of the molecule is C=C(OC)N(C)c1cccc(COc2cc(F)cc(ONC=C3CCOCC3)c2)c1. The quantitative estimate of drug-likeness (QED) is 0.480. The van der Waals surface area contributed by atoms with Gasteiger partial charge in [-0.1, -0.05) is 12.1 Å². The molecule has 30 heavy (non-hydrogen) atoms. The Morgan fingerprint density at radius 2 is 1.97 bits per heavy atom. The third-order valence-corrected chi connectivity index (χ3v) is 4.73. The lowest BCUT2D eigenvalue weighted by atomic mass is 10.1. The number of nitrogens with zero attached hydrogens (tertiary/aromatic N) is 1. The molecule has 1 heterocycles. The zero-order chi connectivity index (χ0) is 21.3. The van der Waals surface area contributed by atoms with E-state index in [1.165, 1.54) is 17.7 Å². The first kappa shape index (κ1) is 21.5. The molecule has 1 saturated heterocycles. The van der Waals surface area contributed by atoms with Gasteiger partial charge in [-0.3, -0.25) is 0 Å². The molecule has 0 saturated carbocycles. The maximum absolute atomic E-state index is 14.0. The maximum atomic E-state index is 14.0. The fraction of sp³-hybridized carbons (Fsp3) is 0.304. The van der Waals surface area contributed by atoms with Crippen LogP contribution in [0.1, 0.15) is 18.4 Å². The molecule has 1 fully saturated rings. The summed E-state index contributed by atoms with van der Waals surface area (Å²) in [4.78, 5) is 7.28. The van der Waals surface area contributed by atoms with Crippen molar-refractivity contribution < 1.29 is 23.4 Å². The van der Waals surface area contributed by atoms with E-state index in [0.29, 0.717) is 30.6 Å². The van der Waals surface area contributed by atoms with Gasteiger partial charge in [0.25, 0.3) is 0 Å². The van der Waals surface area contributed by atoms with Gasteiger partial charge in [0.2, 0.25) is 0 Å². The van der Waals surface area contributed by atoms with Gasteiger partial charge in [0.15, 0.2) is 11.6 Å². The number of halogens is 1. The minimum atomic E-state index is -0.437. The molecular formula is C23H27FN2O4. The zero-order valence-electron chi connectivity index (χ0n) is 17.3. The van der Waals surface area contributed by atoms with Gasteiger partial charge >= 0.3 is 0 Å². The molecule has 0 spiro atoms. The van der Waals surface area contributed by atoms with E-state index in [9.17, 15) is 4.39 Å². The lowest BCUT2D eigenvalue weighted by Crippen LogP contribution is -2.16. The zero-order valence-corrected chi connectivity index (χ0v) is 17.3. The smallest absolute Gasteiger partial charge is 0.185 e. The highest BCUT2D eigenvalue weighted by Crippen LogP contribution is 2.24. The van der Waals surface area contributed by atoms with Gasteiger partial charge in [0.05, 0.1) is 20.3 Å². The summed E-state index contributed by atoms with van der Waals surface area (Å²) in [6, 6.07) is 12.0. The molecule has 160 valence electrons. The molecule has 3 rings (SSSR count). The second-order valence-corrected chi connectivity index (χ2v) is 6.87. The topological polar surface area (TPSA) is 52.2 Å². The van der Waals surface area contributed by atoms with Crippen LogP contribution >= 0.6 is 0 Å². The summed E-state index contributed by atoms with van der Waals surface area (Å²) in [5, 5.41) is 0. The van der Waals surface area contributed by atoms with Crippen molar-refractivity contribution in [2.24, 2.45) is 0 Å². The van der Waals surface area contributed by atoms with Crippen LogP contribution in [-0.2, 0) is 16.1 Å². The number of ether oxygens (including phenoxy) is 3. The van der Waals surface area contributed by atoms with Crippen LogP contribution in [0.4, 0.5) is 10.1 Å². The fourth-order valence-corrected chi connectivity index (χ4v) is 2.94. The number of hydroxylamine groups is 1. The van der Waals surface area contributed by atoms with E-state index in [1.807, 2.05) is 36.2 Å². The van der Waals surface area contributed by atoms with Crippen molar-refractivity contribution >= 4 is 5.69 Å². The molecule has 0 atom stereocenters. The molecule has 2 aromatic rings. The van der Waals surface area contributed by atoms with Crippen LogP contribution in [0, 0.1) is 5.82 Å². The van der Waals surface area contributed by atoms with E-state index in [1.54, 1.807) is 19.4 Å². The van der Waals surface area contributed by atoms with E-state index >= 15 is 0 Å². The molecule has 7 heteroatoms. The van der Waals surface area contributed by atoms with Crippen LogP contribution in [0.2, 0.25) is 0 Å². The summed E-state index contributed by atoms with van der Waals surface area (Å²) >= 11 is 0. The van der Waals surface area contributed by atoms with Crippen molar-refractivity contribution in [3.63, 3.8) is 0 Å². The molecule has 0 aliphatic carbocycles. The van der Waals surface area contributed by atoms with Crippen molar-refractivity contribution in [2.75, 3.05) is 32.3 Å². The van der Waals surface area contributed by atoms with Gasteiger partial charge < -0.3 is 23.9 Å². The Morgan fingerprint density at radius 1 is 1.20 bits per heavy atom. The van der Waals surface area contributed by atoms with E-state index in [4.69, 9.17) is 19.0 Å². The van der Waals surface area contributed by atoms with Crippen LogP contribution in [-0.4, -0.2) is 27.4 Å². The molecule has 0 aromatic heterocycles. The summed E-state index contributed by atoms with van der Waals surface area (Å²) in [6.07, 6.45) is 3.52. The van der Waals surface area contributed by atoms with Crippen molar-refractivity contribution in [1.82, 2.24) is 5.48 Å². The molecule has 0 radical (unpaired) electrons. The van der Waals surface area contributed by atoms with Gasteiger partial charge in [-0.25, -0.2) is 9.87 Å². The Balaban J connectivity index is 1.59. The van der Waals surface area contributed by atoms with Crippen molar-refractivity contribution in [2.45, 2.75) is 19.4 Å². The van der Waals surface area contributed by atoms with Crippen LogP contribution in [0.25, 0.3) is 0 Å². The standard InChI is InChI=1S/C23H27FN2O4/c1-17(27-3)26(2)21-6-4-5-19(11-21)16-29-22-12-20(24)13-23(14-22)30-25-15-18-7-9-28-10-8-18/h4-6,11-15,25H,1,7-10,16H2,2-3H3. The van der Waals surface area contributed by atoms with Gasteiger partial charge in [-0.15, -0.1) is 0 Å². The molecule has 0 unspecified atom stereocenters. The molecule has 1 N–H and O–H groups in total. The second-order valence-electron chi connectivity index (χ2n) is 6.87. The monoisotopic (exact) mass is 414 g/mol. The van der Waals surface area contributed by atoms with Gasteiger partial charge in [-0.05, 0) is 42.7 Å². The number of methoxy groups -OCH3 is 1. The molecule has 6 nitrogen and oxygen atoms in total. The molecular weight excluding hydrogens is 387 g/mol. The molecule has 0 bridgehead atoms. The summed E-state index contributed by atoms with van der Waals surface area (Å²) in [5.41, 5.74) is 5.82. The average Bonchev–Trinajstić information content (AvgIpc) is 2.77. The number of rotatable bonds is 9. The van der Waals surface area contributed by atoms with E-state index < -0.39 is 5.82 Å². The van der Waals surface area contributed by atoms with Gasteiger partial charge in [0.1, 0.15) is 18.2 Å². The number of nitrogens with one attached hydrogen (secondary N) is 1. The molecule has 1 aliphatic rings. The minimum absolute atomic E-state index is 0.279. The highest BCUT2D eigenvalue weighted by molar-refractivity contribution is 5.51. The third kappa shape index (κ3) is 6.15. The van der Waals surface area contributed by atoms with Crippen molar-refractivity contribution in [3.05, 3.63) is 78.1 Å². The second kappa shape index (κ2) is 10.5. The normalized spacial score (nSPS) is 13.4. The first-order valence-electron chi connectivity index (χ1n) is 9.72. The Labute approximate surface area is 176 Å². The van der Waals surface area contributed by atoms with E-state index in [2.05, 4.69) is 12.1 Å². The Kier molecular flexibility index (Phi) is 7.57. The maximum Gasteiger partial charge on any atom is 0.185 e. The van der Waals surface area contributed by atoms with Crippen LogP contribution in [0.15, 0.2) is 66.7 Å². The number of anilines is 1. The van der Waals surface area contributed by atoms with Crippen molar-refractivity contribution in [1.29, 1.82) is 0 Å². The number of benzene rings is 2. The first-order chi connectivity index (χ1) is 14.5. The van der Waals surface area contributed by atoms with Gasteiger partial charge in [0, 0.05) is 37.1 Å². The van der Waals surface area contributed by atoms with E-state index in [-0.39, 0.29) is 6.61 Å². The highest BCUT2D eigenvalue weighted by Gasteiger charge is 2.08. The number of hydrogen-bond donors (Lipinski definition) is 1. The van der Waals surface area contributed by atoms with Crippen LogP contribution in [0.3, 0.4) is 0 Å². The van der Waals surface area contributed by atoms with Gasteiger partial charge in [-0.2, -0.15) is 0 Å². The predicted molar refractivity (Wildman–Crippen MR) is 114 cm³/mol. The lowest BCUT2D eigenvalue weighted by Gasteiger charge is -2.20. The summed E-state index contributed by atoms with van der Waals surface area (Å²) in [7, 11) is 3.44. The average molecular weight is 414 g/mol. The van der Waals surface area contributed by atoms with E-state index in [0.717, 1.165) is 24.1 Å². The largest absolute Gasteiger partial charge is 0.489 e. The van der Waals surface area contributed by atoms with Crippen LogP contribution in [0.5, 0.6) is 11.5 Å². The third-order valence-electron chi connectivity index (χ3n) is 4.73. The highest BCUT2D eigenvalue weighted by atomic mass is 19.1. The number of hydrogen-bond acceptors (Lipinski definition) is 6. The molecule has 0 amide bonds. The van der Waals surface area contributed by atoms with Crippen molar-refractivity contribution in [3.8, 4) is 11.5 Å². The predicted octanol–water partition coefficient (Wildman–Crippen LogP) is 4.54. The summed E-state index contributed by atoms with van der Waals surface area (Å²) < 4.78 is 30.2. The minimum Gasteiger partial charge on any atom is -0.489 e. The summed E-state index contributed by atoms with van der Waals surface area (Å²) in [5.74, 6) is 0.806. The Hall–Kier alpha value is -3.19. The lowest BCUT2D eigenvalue weighted by molar-refractivity contribution is 0.117. The summed E-state index contributed by atoms with van der Waals surface area (Å²) in [6.45, 7) is 5.55. The fourth-order valence-electron chi connectivity index (χ4n) is 2.94.